The molecule has 1 heteroatoms. The molecule has 4 saturated carbocycles. The van der Waals surface area contributed by atoms with Gasteiger partial charge >= 0.3 is 0 Å². The summed E-state index contributed by atoms with van der Waals surface area (Å²) in [5, 5.41) is 0. The van der Waals surface area contributed by atoms with E-state index in [4.69, 9.17) is 4.74 Å². The third-order valence-corrected chi connectivity index (χ3v) is 8.74. The quantitative estimate of drug-likeness (QED) is 0.578. The van der Waals surface area contributed by atoms with E-state index in [0.29, 0.717) is 23.0 Å². The van der Waals surface area contributed by atoms with Gasteiger partial charge in [-0.25, -0.2) is 0 Å². The van der Waals surface area contributed by atoms with E-state index in [-0.39, 0.29) is 0 Å². The van der Waals surface area contributed by atoms with Gasteiger partial charge in [-0.3, -0.25) is 0 Å². The molecule has 0 aromatic rings. The molecule has 5 fully saturated rings. The zero-order valence-corrected chi connectivity index (χ0v) is 13.2. The summed E-state index contributed by atoms with van der Waals surface area (Å²) >= 11 is 0. The lowest BCUT2D eigenvalue weighted by atomic mass is 9.45. The molecule has 5 aliphatic rings. The summed E-state index contributed by atoms with van der Waals surface area (Å²) < 4.78 is 5.94. The van der Waals surface area contributed by atoms with E-state index < -0.39 is 0 Å². The van der Waals surface area contributed by atoms with Crippen LogP contribution in [0.3, 0.4) is 0 Å². The maximum absolute atomic E-state index is 5.94. The maximum atomic E-state index is 5.94. The Bertz CT molecular complexity index is 431. The molecule has 0 spiro atoms. The highest BCUT2D eigenvalue weighted by Gasteiger charge is 2.67. The van der Waals surface area contributed by atoms with E-state index in [1.54, 1.807) is 12.8 Å². The number of hydrogen-bond donors (Lipinski definition) is 0. The van der Waals surface area contributed by atoms with Crippen molar-refractivity contribution in [3.63, 3.8) is 0 Å². The zero-order chi connectivity index (χ0) is 13.5. The molecule has 0 aromatic carbocycles. The van der Waals surface area contributed by atoms with Crippen molar-refractivity contribution in [1.29, 1.82) is 0 Å². The van der Waals surface area contributed by atoms with E-state index >= 15 is 0 Å². The molecule has 1 heterocycles. The van der Waals surface area contributed by atoms with E-state index in [1.165, 1.54) is 44.9 Å². The van der Waals surface area contributed by atoms with Crippen LogP contribution in [0.1, 0.15) is 71.6 Å². The van der Waals surface area contributed by atoms with Gasteiger partial charge in [-0.2, -0.15) is 0 Å². The topological polar surface area (TPSA) is 12.5 Å². The van der Waals surface area contributed by atoms with E-state index in [0.717, 1.165) is 23.7 Å². The number of ether oxygens (including phenoxy) is 1. The Morgan fingerprint density at radius 2 is 1.75 bits per heavy atom. The fraction of sp³-hybridized carbons (Fsp3) is 1.00. The molecule has 5 unspecified atom stereocenters. The number of rotatable bonds is 0. The van der Waals surface area contributed by atoms with Crippen molar-refractivity contribution in [2.75, 3.05) is 0 Å². The molecular formula is C19H30O. The van der Waals surface area contributed by atoms with Crippen LogP contribution in [-0.4, -0.2) is 12.2 Å². The Labute approximate surface area is 123 Å². The average Bonchev–Trinajstić information content (AvgIpc) is 3.16. The van der Waals surface area contributed by atoms with Gasteiger partial charge in [-0.05, 0) is 79.4 Å². The molecule has 0 radical (unpaired) electrons. The molecule has 1 nitrogen and oxygen atoms in total. The van der Waals surface area contributed by atoms with Crippen LogP contribution in [-0.2, 0) is 4.74 Å². The van der Waals surface area contributed by atoms with Crippen LogP contribution in [0.4, 0.5) is 0 Å². The Hall–Kier alpha value is -0.0400. The highest BCUT2D eigenvalue weighted by Crippen LogP contribution is 2.69. The van der Waals surface area contributed by atoms with Crippen LogP contribution in [0.25, 0.3) is 0 Å². The fourth-order valence-corrected chi connectivity index (χ4v) is 7.59. The van der Waals surface area contributed by atoms with Crippen molar-refractivity contribution >= 4 is 0 Å². The van der Waals surface area contributed by atoms with Crippen LogP contribution >= 0.6 is 0 Å². The standard InChI is InChI=1S/C19H30O/c1-18-9-4-3-5-12(18)6-7-13-14(18)8-10-19(2)15(13)11-16-17(19)20-16/h12-17H,3-11H2,1-2H3/t12-,13?,14?,15?,16-,17-,18?,19?/m1/s1. The van der Waals surface area contributed by atoms with Gasteiger partial charge in [0.2, 0.25) is 0 Å². The summed E-state index contributed by atoms with van der Waals surface area (Å²) in [6, 6.07) is 0. The van der Waals surface area contributed by atoms with Gasteiger partial charge < -0.3 is 4.74 Å². The summed E-state index contributed by atoms with van der Waals surface area (Å²) in [5.41, 5.74) is 1.26. The molecule has 1 saturated heterocycles. The van der Waals surface area contributed by atoms with E-state index in [9.17, 15) is 0 Å². The van der Waals surface area contributed by atoms with Crippen molar-refractivity contribution in [1.82, 2.24) is 0 Å². The molecule has 0 aromatic heterocycles. The molecule has 112 valence electrons. The van der Waals surface area contributed by atoms with Gasteiger partial charge in [0.25, 0.3) is 0 Å². The Kier molecular flexibility index (Phi) is 2.39. The fourth-order valence-electron chi connectivity index (χ4n) is 7.59. The molecule has 8 atom stereocenters. The van der Waals surface area contributed by atoms with Gasteiger partial charge in [-0.1, -0.05) is 26.7 Å². The summed E-state index contributed by atoms with van der Waals surface area (Å²) in [6.07, 6.45) is 14.9. The second-order valence-electron chi connectivity index (χ2n) is 9.28. The molecule has 1 aliphatic heterocycles. The maximum Gasteiger partial charge on any atom is 0.0898 e. The minimum Gasteiger partial charge on any atom is -0.369 e. The summed E-state index contributed by atoms with van der Waals surface area (Å²) in [4.78, 5) is 0. The predicted octanol–water partition coefficient (Wildman–Crippen LogP) is 4.80. The van der Waals surface area contributed by atoms with Crippen molar-refractivity contribution < 1.29 is 4.74 Å². The van der Waals surface area contributed by atoms with Gasteiger partial charge in [0.15, 0.2) is 0 Å². The van der Waals surface area contributed by atoms with Crippen molar-refractivity contribution in [3.8, 4) is 0 Å². The number of epoxide rings is 1. The molecule has 5 rings (SSSR count). The monoisotopic (exact) mass is 274 g/mol. The zero-order valence-electron chi connectivity index (χ0n) is 13.2. The molecule has 0 amide bonds. The first-order valence-electron chi connectivity index (χ1n) is 9.28. The molecule has 4 aliphatic carbocycles. The lowest BCUT2D eigenvalue weighted by molar-refractivity contribution is -0.117. The van der Waals surface area contributed by atoms with Crippen molar-refractivity contribution in [2.45, 2.75) is 83.8 Å². The largest absolute Gasteiger partial charge is 0.369 e. The highest BCUT2D eigenvalue weighted by molar-refractivity contribution is 5.16. The third-order valence-electron chi connectivity index (χ3n) is 8.74. The van der Waals surface area contributed by atoms with Crippen molar-refractivity contribution in [2.24, 2.45) is 34.5 Å². The van der Waals surface area contributed by atoms with Crippen LogP contribution < -0.4 is 0 Å². The smallest absolute Gasteiger partial charge is 0.0898 e. The first-order chi connectivity index (χ1) is 9.63. The van der Waals surface area contributed by atoms with Gasteiger partial charge in [0.05, 0.1) is 12.2 Å². The van der Waals surface area contributed by atoms with Crippen LogP contribution in [0.5, 0.6) is 0 Å². The van der Waals surface area contributed by atoms with Crippen molar-refractivity contribution in [3.05, 3.63) is 0 Å². The van der Waals surface area contributed by atoms with E-state index in [2.05, 4.69) is 13.8 Å². The Morgan fingerprint density at radius 1 is 0.850 bits per heavy atom. The average molecular weight is 274 g/mol. The molecule has 0 bridgehead atoms. The second kappa shape index (κ2) is 3.83. The van der Waals surface area contributed by atoms with Gasteiger partial charge in [-0.15, -0.1) is 0 Å². The first-order valence-corrected chi connectivity index (χ1v) is 9.28. The van der Waals surface area contributed by atoms with Crippen LogP contribution in [0, 0.1) is 34.5 Å². The number of hydrogen-bond acceptors (Lipinski definition) is 1. The van der Waals surface area contributed by atoms with Gasteiger partial charge in [0.1, 0.15) is 0 Å². The molecule has 0 N–H and O–H groups in total. The third kappa shape index (κ3) is 1.39. The molecule has 20 heavy (non-hydrogen) atoms. The van der Waals surface area contributed by atoms with Gasteiger partial charge in [0, 0.05) is 0 Å². The normalized spacial score (nSPS) is 63.9. The Morgan fingerprint density at radius 3 is 2.65 bits per heavy atom. The highest BCUT2D eigenvalue weighted by atomic mass is 16.6. The lowest BCUT2D eigenvalue weighted by Gasteiger charge is -2.60. The number of fused-ring (bicyclic) bond motifs is 7. The van der Waals surface area contributed by atoms with Crippen LogP contribution in [0.15, 0.2) is 0 Å². The minimum absolute atomic E-state index is 0.559. The van der Waals surface area contributed by atoms with Crippen LogP contribution in [0.2, 0.25) is 0 Å². The summed E-state index contributed by atoms with van der Waals surface area (Å²) in [5.74, 6) is 4.17. The predicted molar refractivity (Wildman–Crippen MR) is 80.4 cm³/mol. The minimum atomic E-state index is 0.559. The Balaban J connectivity index is 1.48. The summed E-state index contributed by atoms with van der Waals surface area (Å²) in [7, 11) is 0. The summed E-state index contributed by atoms with van der Waals surface area (Å²) in [6.45, 7) is 5.25. The first kappa shape index (κ1) is 12.5. The van der Waals surface area contributed by atoms with E-state index in [1.807, 2.05) is 0 Å². The molecular weight excluding hydrogens is 244 g/mol. The second-order valence-corrected chi connectivity index (χ2v) is 9.28. The SMILES string of the molecule is CC12CCCC[C@@H]1CCC1C2CCC2(C)C1C[C@H]1O[C@H]12. The lowest BCUT2D eigenvalue weighted by Crippen LogP contribution is -2.53.